The molecule has 1 amide bonds. The number of nitrogens with two attached hydrogens (primary N) is 1. The molecule has 5 rings (SSSR count). The van der Waals surface area contributed by atoms with E-state index in [1.54, 1.807) is 17.2 Å². The first-order valence-corrected chi connectivity index (χ1v) is 15.9. The molecule has 3 N–H and O–H groups in total. The Morgan fingerprint density at radius 1 is 1.14 bits per heavy atom. The van der Waals surface area contributed by atoms with Gasteiger partial charge < -0.3 is 20.6 Å². The molecule has 4 aromatic rings. The van der Waals surface area contributed by atoms with Gasteiger partial charge in [-0.2, -0.15) is 10.2 Å². The predicted octanol–water partition coefficient (Wildman–Crippen LogP) is 5.46. The molecule has 1 fully saturated rings. The molecule has 0 bridgehead atoms. The van der Waals surface area contributed by atoms with Crippen LogP contribution in [0, 0.1) is 28.4 Å². The highest BCUT2D eigenvalue weighted by Gasteiger charge is 2.33. The third kappa shape index (κ3) is 6.78. The fourth-order valence-electron chi connectivity index (χ4n) is 6.11. The lowest BCUT2D eigenvalue weighted by Gasteiger charge is -2.39. The lowest BCUT2D eigenvalue weighted by molar-refractivity contribution is -0.126. The van der Waals surface area contributed by atoms with Crippen molar-refractivity contribution in [1.29, 1.82) is 5.26 Å². The average molecular weight is 673 g/mol. The van der Waals surface area contributed by atoms with Gasteiger partial charge in [0.2, 0.25) is 0 Å². The van der Waals surface area contributed by atoms with Crippen LogP contribution in [0.15, 0.2) is 41.3 Å². The van der Waals surface area contributed by atoms with Crippen LogP contribution in [0.3, 0.4) is 0 Å². The van der Waals surface area contributed by atoms with Crippen molar-refractivity contribution in [2.45, 2.75) is 65.8 Å². The summed E-state index contributed by atoms with van der Waals surface area (Å²) in [5, 5.41) is 19.2. The number of ketones is 1. The van der Waals surface area contributed by atoms with Crippen LogP contribution in [-0.4, -0.2) is 67.1 Å². The maximum absolute atomic E-state index is 16.1. The van der Waals surface area contributed by atoms with Gasteiger partial charge in [-0.15, -0.1) is 0 Å². The van der Waals surface area contributed by atoms with Crippen LogP contribution in [0.4, 0.5) is 25.1 Å². The third-order valence-electron chi connectivity index (χ3n) is 8.70. The van der Waals surface area contributed by atoms with Crippen molar-refractivity contribution in [3.8, 4) is 23.0 Å². The number of hydrogen-bond acceptors (Lipinski definition) is 9. The summed E-state index contributed by atoms with van der Waals surface area (Å²) in [5.41, 5.74) is 5.31. The number of piperazine rings is 1. The SMILES string of the molecule is CC(C)c1nccc(CCC(=O)C(C)(C)C)c1-n1c(=O)nc(N2CCN(C(=O)O)C(CC#N)C2)c2cc(F)c(-c3c(N)cccc3F)nc21. The molecule has 0 spiro atoms. The number of carbonyl (C=O) groups excluding carboxylic acids is 1. The Morgan fingerprint density at radius 3 is 2.51 bits per heavy atom. The van der Waals surface area contributed by atoms with Gasteiger partial charge in [0.15, 0.2) is 11.5 Å². The van der Waals surface area contributed by atoms with Gasteiger partial charge >= 0.3 is 11.8 Å². The minimum atomic E-state index is -1.19. The Labute approximate surface area is 281 Å². The molecule has 1 unspecified atom stereocenters. The minimum Gasteiger partial charge on any atom is -0.465 e. The van der Waals surface area contributed by atoms with Crippen molar-refractivity contribution >= 4 is 34.4 Å². The molecule has 1 aliphatic heterocycles. The zero-order valence-corrected chi connectivity index (χ0v) is 28.0. The monoisotopic (exact) mass is 672 g/mol. The summed E-state index contributed by atoms with van der Waals surface area (Å²) < 4.78 is 32.6. The maximum Gasteiger partial charge on any atom is 0.407 e. The number of nitrogen functional groups attached to an aromatic ring is 1. The van der Waals surface area contributed by atoms with Gasteiger partial charge in [0, 0.05) is 43.4 Å². The van der Waals surface area contributed by atoms with E-state index in [-0.39, 0.29) is 78.7 Å². The number of anilines is 2. The van der Waals surface area contributed by atoms with Gasteiger partial charge in [-0.1, -0.05) is 40.7 Å². The maximum atomic E-state index is 16.1. The van der Waals surface area contributed by atoms with Crippen molar-refractivity contribution in [1.82, 2.24) is 24.4 Å². The number of halogens is 2. The summed E-state index contributed by atoms with van der Waals surface area (Å²) >= 11 is 0. The van der Waals surface area contributed by atoms with E-state index in [1.165, 1.54) is 16.7 Å². The topological polar surface area (TPSA) is 171 Å². The van der Waals surface area contributed by atoms with Gasteiger partial charge in [0.1, 0.15) is 23.1 Å². The minimum absolute atomic E-state index is 0.000249. The first kappa shape index (κ1) is 34.9. The van der Waals surface area contributed by atoms with E-state index in [9.17, 15) is 24.8 Å². The van der Waals surface area contributed by atoms with E-state index < -0.39 is 40.6 Å². The number of fused-ring (bicyclic) bond motifs is 1. The summed E-state index contributed by atoms with van der Waals surface area (Å²) in [6.07, 6.45) is 0.711. The molecule has 0 saturated carbocycles. The van der Waals surface area contributed by atoms with E-state index in [2.05, 4.69) is 15.0 Å². The molecular formula is C35H38F2N8O4. The van der Waals surface area contributed by atoms with Crippen molar-refractivity contribution in [3.05, 3.63) is 69.9 Å². The van der Waals surface area contributed by atoms with Gasteiger partial charge in [-0.25, -0.2) is 27.9 Å². The van der Waals surface area contributed by atoms with Crippen LogP contribution < -0.4 is 16.3 Å². The molecule has 4 heterocycles. The molecule has 1 aromatic carbocycles. The van der Waals surface area contributed by atoms with Crippen LogP contribution in [0.5, 0.6) is 0 Å². The molecule has 0 aliphatic carbocycles. The normalized spacial score (nSPS) is 15.1. The largest absolute Gasteiger partial charge is 0.465 e. The van der Waals surface area contributed by atoms with E-state index in [0.29, 0.717) is 16.9 Å². The number of benzene rings is 1. The summed E-state index contributed by atoms with van der Waals surface area (Å²) in [5.74, 6) is -1.92. The number of nitrogens with zero attached hydrogens (tertiary/aromatic N) is 7. The molecule has 256 valence electrons. The standard InChI is InChI=1S/C35H38F2N8O4/c1-19(2)28-30(20(12-14-40-28)9-10-26(46)35(3,4)5)45-32-22(17-24(37)29(41-32)27-23(36)7-6-8-25(27)39)31(42-33(45)47)43-15-16-44(34(48)49)21(18-43)11-13-38/h6-8,12,14,17,19,21H,9-11,15-16,18,39H2,1-5H3,(H,48,49). The van der Waals surface area contributed by atoms with E-state index in [0.717, 1.165) is 17.0 Å². The Balaban J connectivity index is 1.82. The van der Waals surface area contributed by atoms with E-state index in [4.69, 9.17) is 5.73 Å². The number of amides is 1. The number of aromatic nitrogens is 4. The van der Waals surface area contributed by atoms with E-state index >= 15 is 8.78 Å². The smallest absolute Gasteiger partial charge is 0.407 e. The summed E-state index contributed by atoms with van der Waals surface area (Å²) in [4.78, 5) is 55.5. The highest BCUT2D eigenvalue weighted by Crippen LogP contribution is 2.36. The van der Waals surface area contributed by atoms with Gasteiger partial charge in [0.25, 0.3) is 0 Å². The summed E-state index contributed by atoms with van der Waals surface area (Å²) in [6, 6.07) is 8.00. The lowest BCUT2D eigenvalue weighted by Crippen LogP contribution is -2.55. The quantitative estimate of drug-likeness (QED) is 0.229. The second-order valence-corrected chi connectivity index (χ2v) is 13.4. The second-order valence-electron chi connectivity index (χ2n) is 13.4. The molecule has 12 nitrogen and oxygen atoms in total. The average Bonchev–Trinajstić information content (AvgIpc) is 3.03. The molecule has 1 aliphatic rings. The Morgan fingerprint density at radius 2 is 1.88 bits per heavy atom. The van der Waals surface area contributed by atoms with Crippen molar-refractivity contribution in [2.24, 2.45) is 5.41 Å². The van der Waals surface area contributed by atoms with E-state index in [1.807, 2.05) is 40.7 Å². The van der Waals surface area contributed by atoms with Crippen molar-refractivity contribution < 1.29 is 23.5 Å². The van der Waals surface area contributed by atoms with Crippen molar-refractivity contribution in [2.75, 3.05) is 30.3 Å². The highest BCUT2D eigenvalue weighted by molar-refractivity contribution is 5.91. The van der Waals surface area contributed by atoms with Crippen LogP contribution in [0.25, 0.3) is 28.0 Å². The van der Waals surface area contributed by atoms with Gasteiger partial charge in [-0.05, 0) is 42.2 Å². The van der Waals surface area contributed by atoms with Crippen LogP contribution in [0.1, 0.15) is 64.6 Å². The number of carboxylic acid groups (broad SMARTS) is 1. The number of hydrogen-bond donors (Lipinski definition) is 2. The Kier molecular flexibility index (Phi) is 9.66. The van der Waals surface area contributed by atoms with Gasteiger partial charge in [0.05, 0.1) is 40.9 Å². The third-order valence-corrected chi connectivity index (χ3v) is 8.70. The fourth-order valence-corrected chi connectivity index (χ4v) is 6.11. The summed E-state index contributed by atoms with van der Waals surface area (Å²) in [6.45, 7) is 9.35. The van der Waals surface area contributed by atoms with Crippen LogP contribution >= 0.6 is 0 Å². The number of Topliss-reactive ketones (excluding diaryl/α,β-unsaturated/α-hetero) is 1. The van der Waals surface area contributed by atoms with Gasteiger partial charge in [-0.3, -0.25) is 9.78 Å². The Hall–Kier alpha value is -5.45. The number of pyridine rings is 2. The highest BCUT2D eigenvalue weighted by atomic mass is 19.1. The zero-order valence-electron chi connectivity index (χ0n) is 28.0. The summed E-state index contributed by atoms with van der Waals surface area (Å²) in [7, 11) is 0. The Bertz CT molecular complexity index is 2030. The number of carbonyl (C=O) groups is 2. The number of aryl methyl sites for hydroxylation is 1. The number of rotatable bonds is 8. The predicted molar refractivity (Wildman–Crippen MR) is 181 cm³/mol. The molecule has 14 heteroatoms. The first-order valence-electron chi connectivity index (χ1n) is 15.9. The molecular weight excluding hydrogens is 634 g/mol. The molecule has 49 heavy (non-hydrogen) atoms. The molecule has 3 aromatic heterocycles. The second kappa shape index (κ2) is 13.6. The van der Waals surface area contributed by atoms with Crippen molar-refractivity contribution in [3.63, 3.8) is 0 Å². The first-order chi connectivity index (χ1) is 23.1. The molecule has 0 radical (unpaired) electrons. The molecule has 1 saturated heterocycles. The fraction of sp³-hybridized carbons (Fsp3) is 0.400. The molecule has 1 atom stereocenters. The van der Waals surface area contributed by atoms with Crippen LogP contribution in [-0.2, 0) is 11.2 Å². The number of nitriles is 1. The zero-order chi connectivity index (χ0) is 35.8. The van der Waals surface area contributed by atoms with Crippen LogP contribution in [0.2, 0.25) is 0 Å². The lowest BCUT2D eigenvalue weighted by atomic mass is 9.87.